The van der Waals surface area contributed by atoms with Gasteiger partial charge in [0.05, 0.1) is 18.0 Å². The number of hydrogen-bond acceptors (Lipinski definition) is 5. The summed E-state index contributed by atoms with van der Waals surface area (Å²) in [4.78, 5) is 19.4. The van der Waals surface area contributed by atoms with E-state index in [1.165, 1.54) is 0 Å². The fourth-order valence-electron chi connectivity index (χ4n) is 3.19. The van der Waals surface area contributed by atoms with Crippen molar-refractivity contribution in [2.75, 3.05) is 19.6 Å². The van der Waals surface area contributed by atoms with E-state index in [4.69, 9.17) is 4.42 Å². The molecular formula is C19H25N5O2. The van der Waals surface area contributed by atoms with Crippen LogP contribution in [0.2, 0.25) is 0 Å². The van der Waals surface area contributed by atoms with E-state index in [0.29, 0.717) is 17.9 Å². The second-order valence-corrected chi connectivity index (χ2v) is 6.30. The highest BCUT2D eigenvalue weighted by atomic mass is 16.3. The molecule has 0 spiro atoms. The standard InChI is InChI=1S/C19H25N5O2/c1-5-23(6-2)16(17-8-7-9-26-17)12-20-19(25)15-11-14(4)24-18(21-15)10-13(3)22-24/h7-11,16H,5-6,12H2,1-4H3,(H,20,25)/t16-/m0/s1. The van der Waals surface area contributed by atoms with E-state index < -0.39 is 0 Å². The highest BCUT2D eigenvalue weighted by Gasteiger charge is 2.22. The summed E-state index contributed by atoms with van der Waals surface area (Å²) in [6.45, 7) is 10.2. The van der Waals surface area contributed by atoms with Crippen LogP contribution in [0.25, 0.3) is 5.65 Å². The van der Waals surface area contributed by atoms with Crippen LogP contribution in [0.5, 0.6) is 0 Å². The SMILES string of the molecule is CCN(CC)[C@@H](CNC(=O)c1cc(C)n2nc(C)cc2n1)c1ccco1. The summed E-state index contributed by atoms with van der Waals surface area (Å²) >= 11 is 0. The lowest BCUT2D eigenvalue weighted by Gasteiger charge is -2.28. The molecule has 0 aliphatic heterocycles. The van der Waals surface area contributed by atoms with Gasteiger partial charge >= 0.3 is 0 Å². The topological polar surface area (TPSA) is 75.7 Å². The maximum Gasteiger partial charge on any atom is 0.270 e. The summed E-state index contributed by atoms with van der Waals surface area (Å²) in [5, 5.41) is 7.37. The number of rotatable bonds is 7. The van der Waals surface area contributed by atoms with E-state index in [0.717, 1.165) is 30.2 Å². The number of amides is 1. The Morgan fingerprint density at radius 1 is 1.31 bits per heavy atom. The van der Waals surface area contributed by atoms with Gasteiger partial charge in [0.25, 0.3) is 5.91 Å². The number of likely N-dealkylation sites (N-methyl/N-ethyl adjacent to an activating group) is 1. The van der Waals surface area contributed by atoms with Crippen LogP contribution >= 0.6 is 0 Å². The summed E-state index contributed by atoms with van der Waals surface area (Å²) < 4.78 is 7.32. The van der Waals surface area contributed by atoms with Crippen molar-refractivity contribution in [1.82, 2.24) is 24.8 Å². The summed E-state index contributed by atoms with van der Waals surface area (Å²) in [7, 11) is 0. The van der Waals surface area contributed by atoms with Gasteiger partial charge < -0.3 is 9.73 Å². The average Bonchev–Trinajstić information content (AvgIpc) is 3.27. The van der Waals surface area contributed by atoms with Crippen molar-refractivity contribution in [3.05, 3.63) is 53.4 Å². The van der Waals surface area contributed by atoms with E-state index in [1.807, 2.05) is 32.0 Å². The van der Waals surface area contributed by atoms with Gasteiger partial charge in [-0.15, -0.1) is 0 Å². The summed E-state index contributed by atoms with van der Waals surface area (Å²) in [5.41, 5.74) is 2.82. The summed E-state index contributed by atoms with van der Waals surface area (Å²) in [6, 6.07) is 7.43. The van der Waals surface area contributed by atoms with E-state index in [2.05, 4.69) is 34.1 Å². The molecule has 7 heteroatoms. The molecule has 0 aliphatic carbocycles. The van der Waals surface area contributed by atoms with Crippen LogP contribution in [0, 0.1) is 13.8 Å². The molecule has 0 saturated heterocycles. The predicted octanol–water partition coefficient (Wildman–Crippen LogP) is 2.75. The zero-order valence-corrected chi connectivity index (χ0v) is 15.7. The van der Waals surface area contributed by atoms with Crippen LogP contribution in [-0.4, -0.2) is 45.0 Å². The van der Waals surface area contributed by atoms with Crippen LogP contribution in [0.3, 0.4) is 0 Å². The summed E-state index contributed by atoms with van der Waals surface area (Å²) in [5.74, 6) is 0.651. The van der Waals surface area contributed by atoms with Gasteiger partial charge in [0.1, 0.15) is 11.5 Å². The molecule has 1 amide bonds. The van der Waals surface area contributed by atoms with Crippen LogP contribution in [0.15, 0.2) is 34.9 Å². The minimum Gasteiger partial charge on any atom is -0.468 e. The van der Waals surface area contributed by atoms with Crippen LogP contribution in [0.1, 0.15) is 47.5 Å². The van der Waals surface area contributed by atoms with Crippen molar-refractivity contribution in [3.8, 4) is 0 Å². The molecule has 0 bridgehead atoms. The van der Waals surface area contributed by atoms with Crippen molar-refractivity contribution >= 4 is 11.6 Å². The van der Waals surface area contributed by atoms with Gasteiger partial charge in [0, 0.05) is 18.3 Å². The molecular weight excluding hydrogens is 330 g/mol. The fraction of sp³-hybridized carbons (Fsp3) is 0.421. The first-order valence-corrected chi connectivity index (χ1v) is 8.93. The van der Waals surface area contributed by atoms with E-state index >= 15 is 0 Å². The first-order chi connectivity index (χ1) is 12.5. The van der Waals surface area contributed by atoms with Crippen molar-refractivity contribution in [1.29, 1.82) is 0 Å². The van der Waals surface area contributed by atoms with Crippen molar-refractivity contribution in [3.63, 3.8) is 0 Å². The van der Waals surface area contributed by atoms with Gasteiger partial charge in [-0.1, -0.05) is 13.8 Å². The second-order valence-electron chi connectivity index (χ2n) is 6.30. The molecule has 0 radical (unpaired) electrons. The summed E-state index contributed by atoms with van der Waals surface area (Å²) in [6.07, 6.45) is 1.66. The molecule has 0 aromatic carbocycles. The monoisotopic (exact) mass is 355 g/mol. The lowest BCUT2D eigenvalue weighted by Crippen LogP contribution is -2.38. The first kappa shape index (κ1) is 18.1. The molecule has 26 heavy (non-hydrogen) atoms. The Morgan fingerprint density at radius 3 is 2.73 bits per heavy atom. The highest BCUT2D eigenvalue weighted by molar-refractivity contribution is 5.92. The number of nitrogens with one attached hydrogen (secondary N) is 1. The Hall–Kier alpha value is -2.67. The lowest BCUT2D eigenvalue weighted by molar-refractivity contribution is 0.0924. The van der Waals surface area contributed by atoms with Gasteiger partial charge in [-0.2, -0.15) is 5.10 Å². The van der Waals surface area contributed by atoms with Crippen molar-refractivity contribution < 1.29 is 9.21 Å². The zero-order valence-electron chi connectivity index (χ0n) is 15.7. The van der Waals surface area contributed by atoms with Crippen molar-refractivity contribution in [2.45, 2.75) is 33.7 Å². The molecule has 3 heterocycles. The first-order valence-electron chi connectivity index (χ1n) is 8.93. The molecule has 3 rings (SSSR count). The van der Waals surface area contributed by atoms with E-state index in [1.54, 1.807) is 16.8 Å². The fourth-order valence-corrected chi connectivity index (χ4v) is 3.19. The van der Waals surface area contributed by atoms with Gasteiger partial charge in [-0.3, -0.25) is 9.69 Å². The molecule has 0 aliphatic rings. The number of carbonyl (C=O) groups is 1. The molecule has 1 N–H and O–H groups in total. The molecule has 7 nitrogen and oxygen atoms in total. The quantitative estimate of drug-likeness (QED) is 0.705. The van der Waals surface area contributed by atoms with Gasteiger partial charge in [-0.25, -0.2) is 9.50 Å². The number of aromatic nitrogens is 3. The number of aryl methyl sites for hydroxylation is 2. The zero-order chi connectivity index (χ0) is 18.7. The average molecular weight is 355 g/mol. The molecule has 3 aromatic heterocycles. The Morgan fingerprint density at radius 2 is 2.08 bits per heavy atom. The third-order valence-electron chi connectivity index (χ3n) is 4.54. The van der Waals surface area contributed by atoms with Gasteiger partial charge in [-0.05, 0) is 45.1 Å². The number of fused-ring (bicyclic) bond motifs is 1. The molecule has 3 aromatic rings. The number of carbonyl (C=O) groups excluding carboxylic acids is 1. The Bertz CT molecular complexity index is 881. The maximum absolute atomic E-state index is 12.7. The van der Waals surface area contributed by atoms with Gasteiger partial charge in [0.15, 0.2) is 5.65 Å². The Balaban J connectivity index is 1.78. The minimum absolute atomic E-state index is 0.00834. The Labute approximate surface area is 153 Å². The predicted molar refractivity (Wildman–Crippen MR) is 99.2 cm³/mol. The normalized spacial score (nSPS) is 12.7. The largest absolute Gasteiger partial charge is 0.468 e. The molecule has 138 valence electrons. The number of hydrogen-bond donors (Lipinski definition) is 1. The second kappa shape index (κ2) is 7.70. The van der Waals surface area contributed by atoms with Crippen LogP contribution in [0.4, 0.5) is 0 Å². The number of nitrogens with zero attached hydrogens (tertiary/aromatic N) is 4. The minimum atomic E-state index is -0.196. The molecule has 0 saturated carbocycles. The smallest absolute Gasteiger partial charge is 0.270 e. The van der Waals surface area contributed by atoms with E-state index in [9.17, 15) is 4.79 Å². The van der Waals surface area contributed by atoms with Crippen molar-refractivity contribution in [2.24, 2.45) is 0 Å². The Kier molecular flexibility index (Phi) is 5.37. The van der Waals surface area contributed by atoms with E-state index in [-0.39, 0.29) is 11.9 Å². The number of furan rings is 1. The lowest BCUT2D eigenvalue weighted by atomic mass is 10.1. The third-order valence-corrected chi connectivity index (χ3v) is 4.54. The third kappa shape index (κ3) is 3.62. The molecule has 0 fully saturated rings. The van der Waals surface area contributed by atoms with Crippen LogP contribution < -0.4 is 5.32 Å². The highest BCUT2D eigenvalue weighted by Crippen LogP contribution is 2.20. The molecule has 1 atom stereocenters. The van der Waals surface area contributed by atoms with Gasteiger partial charge in [0.2, 0.25) is 0 Å². The van der Waals surface area contributed by atoms with Crippen LogP contribution in [-0.2, 0) is 0 Å². The maximum atomic E-state index is 12.7. The molecule has 0 unspecified atom stereocenters.